The van der Waals surface area contributed by atoms with Gasteiger partial charge >= 0.3 is 12.1 Å². The van der Waals surface area contributed by atoms with Crippen LogP contribution in [-0.4, -0.2) is 53.3 Å². The monoisotopic (exact) mass is 549 g/mol. The Kier molecular flexibility index (Phi) is 6.56. The van der Waals surface area contributed by atoms with Crippen LogP contribution in [0.2, 0.25) is 0 Å². The van der Waals surface area contributed by atoms with Crippen molar-refractivity contribution in [3.63, 3.8) is 0 Å². The van der Waals surface area contributed by atoms with Crippen molar-refractivity contribution in [2.24, 2.45) is 5.92 Å². The Morgan fingerprint density at radius 2 is 1.82 bits per heavy atom. The molecule has 1 amide bonds. The first-order valence-corrected chi connectivity index (χ1v) is 13.3. The van der Waals surface area contributed by atoms with E-state index < -0.39 is 41.8 Å². The van der Waals surface area contributed by atoms with Gasteiger partial charge in [-0.2, -0.15) is 0 Å². The molecule has 1 N–H and O–H groups in total. The second-order valence-corrected chi connectivity index (χ2v) is 10.6. The topological polar surface area (TPSA) is 92.2 Å². The maximum Gasteiger partial charge on any atom is 0.411 e. The third kappa shape index (κ3) is 4.71. The van der Waals surface area contributed by atoms with Crippen molar-refractivity contribution >= 4 is 17.9 Å². The number of cyclic esters (lactones) is 1. The number of carbonyl (C=O) groups excluding carboxylic acids is 1. The van der Waals surface area contributed by atoms with Crippen LogP contribution < -0.4 is 9.64 Å². The molecule has 208 valence electrons. The smallest absolute Gasteiger partial charge is 0.411 e. The summed E-state index contributed by atoms with van der Waals surface area (Å²) in [5, 5.41) is 9.44. The lowest BCUT2D eigenvalue weighted by atomic mass is 9.97. The number of methoxy groups -OCH3 is 1. The molecule has 1 saturated carbocycles. The molecule has 0 unspecified atom stereocenters. The van der Waals surface area contributed by atoms with Gasteiger partial charge in [-0.25, -0.2) is 18.6 Å². The molecule has 10 heteroatoms. The number of carboxylic acid groups (broad SMARTS) is 1. The molecule has 3 fully saturated rings. The van der Waals surface area contributed by atoms with Gasteiger partial charge < -0.3 is 19.5 Å². The minimum atomic E-state index is -0.847. The SMILES string of the molecule is COc1ccc([C@@H]2C[C@H]2C(=O)O)cc1-c1ccc(N2CCC2)nc1CN1C(=O)O[C@H](c2cc(F)cc(F)c2)[C@@H]1C. The van der Waals surface area contributed by atoms with E-state index in [0.29, 0.717) is 17.9 Å². The maximum absolute atomic E-state index is 13.9. The van der Waals surface area contributed by atoms with E-state index in [2.05, 4.69) is 4.90 Å². The molecule has 3 aliphatic rings. The number of aliphatic carboxylic acids is 1. The number of nitrogens with zero attached hydrogens (tertiary/aromatic N) is 3. The standard InChI is InChI=1S/C30H29F2N3O5/c1-16-28(18-10-19(31)13-20(32)11-18)40-30(38)35(16)15-25-21(5-7-27(33-25)34-8-3-9-34)23-12-17(4-6-26(23)39-2)22-14-24(22)29(36)37/h4-7,10-13,16,22,24,28H,3,8-9,14-15H2,1-2H3,(H,36,37)/t16-,22-,24+,28-/m0/s1. The lowest BCUT2D eigenvalue weighted by Crippen LogP contribution is -2.38. The number of benzene rings is 2. The summed E-state index contributed by atoms with van der Waals surface area (Å²) in [6, 6.07) is 12.2. The molecule has 1 aliphatic carbocycles. The van der Waals surface area contributed by atoms with Gasteiger partial charge in [0.1, 0.15) is 29.3 Å². The zero-order valence-corrected chi connectivity index (χ0v) is 22.1. The van der Waals surface area contributed by atoms with E-state index in [4.69, 9.17) is 14.5 Å². The molecule has 2 saturated heterocycles. The van der Waals surface area contributed by atoms with E-state index >= 15 is 0 Å². The number of aromatic nitrogens is 1. The lowest BCUT2D eigenvalue weighted by Gasteiger charge is -2.33. The van der Waals surface area contributed by atoms with Crippen molar-refractivity contribution < 1.29 is 33.0 Å². The van der Waals surface area contributed by atoms with Gasteiger partial charge in [-0.1, -0.05) is 6.07 Å². The van der Waals surface area contributed by atoms with Crippen LogP contribution in [0, 0.1) is 17.6 Å². The first-order valence-electron chi connectivity index (χ1n) is 13.3. The van der Waals surface area contributed by atoms with Crippen molar-refractivity contribution in [2.75, 3.05) is 25.1 Å². The predicted molar refractivity (Wildman–Crippen MR) is 142 cm³/mol. The molecule has 2 aromatic carbocycles. The molecule has 6 rings (SSSR count). The average Bonchev–Trinajstić information content (AvgIpc) is 3.65. The van der Waals surface area contributed by atoms with Crippen molar-refractivity contribution in [1.29, 1.82) is 0 Å². The van der Waals surface area contributed by atoms with Gasteiger partial charge in [0.25, 0.3) is 0 Å². The summed E-state index contributed by atoms with van der Waals surface area (Å²) in [7, 11) is 1.57. The van der Waals surface area contributed by atoms with E-state index in [1.807, 2.05) is 30.3 Å². The summed E-state index contributed by atoms with van der Waals surface area (Å²) in [4.78, 5) is 33.2. The second kappa shape index (κ2) is 10.1. The van der Waals surface area contributed by atoms with Gasteiger partial charge in [0, 0.05) is 35.8 Å². The fourth-order valence-electron chi connectivity index (χ4n) is 5.64. The Hall–Kier alpha value is -4.21. The van der Waals surface area contributed by atoms with Crippen LogP contribution in [0.25, 0.3) is 11.1 Å². The van der Waals surface area contributed by atoms with Crippen LogP contribution in [0.15, 0.2) is 48.5 Å². The van der Waals surface area contributed by atoms with E-state index in [9.17, 15) is 23.5 Å². The molecule has 0 bridgehead atoms. The molecule has 2 aliphatic heterocycles. The summed E-state index contributed by atoms with van der Waals surface area (Å²) in [6.45, 7) is 3.65. The van der Waals surface area contributed by atoms with E-state index in [-0.39, 0.29) is 18.0 Å². The number of rotatable bonds is 8. The number of hydrogen-bond acceptors (Lipinski definition) is 6. The highest BCUT2D eigenvalue weighted by Crippen LogP contribution is 2.49. The Bertz CT molecular complexity index is 1470. The van der Waals surface area contributed by atoms with E-state index in [1.54, 1.807) is 14.0 Å². The predicted octanol–water partition coefficient (Wildman–Crippen LogP) is 5.52. The van der Waals surface area contributed by atoms with Gasteiger partial charge in [0.15, 0.2) is 0 Å². The third-order valence-corrected chi connectivity index (χ3v) is 8.11. The van der Waals surface area contributed by atoms with E-state index in [0.717, 1.165) is 48.1 Å². The minimum absolute atomic E-state index is 0.0695. The number of pyridine rings is 1. The van der Waals surface area contributed by atoms with Crippen LogP contribution in [0.5, 0.6) is 5.75 Å². The fraction of sp³-hybridized carbons (Fsp3) is 0.367. The Morgan fingerprint density at radius 3 is 2.45 bits per heavy atom. The molecular formula is C30H29F2N3O5. The Balaban J connectivity index is 1.37. The fourth-order valence-corrected chi connectivity index (χ4v) is 5.64. The van der Waals surface area contributed by atoms with Crippen LogP contribution >= 0.6 is 0 Å². The van der Waals surface area contributed by atoms with Crippen molar-refractivity contribution in [1.82, 2.24) is 9.88 Å². The summed E-state index contributed by atoms with van der Waals surface area (Å²) >= 11 is 0. The van der Waals surface area contributed by atoms with Gasteiger partial charge in [-0.05, 0) is 67.6 Å². The van der Waals surface area contributed by atoms with Crippen LogP contribution in [0.4, 0.5) is 19.4 Å². The normalized spacial score (nSPS) is 23.6. The Labute approximate surface area is 230 Å². The number of hydrogen-bond donors (Lipinski definition) is 1. The molecule has 1 aromatic heterocycles. The van der Waals surface area contributed by atoms with Gasteiger partial charge in [0.05, 0.1) is 31.3 Å². The number of amides is 1. The number of anilines is 1. The highest BCUT2D eigenvalue weighted by atomic mass is 19.1. The molecule has 0 radical (unpaired) electrons. The zero-order valence-electron chi connectivity index (χ0n) is 22.1. The first-order chi connectivity index (χ1) is 19.2. The Morgan fingerprint density at radius 1 is 1.07 bits per heavy atom. The number of carbonyl (C=O) groups is 2. The first kappa shape index (κ1) is 26.0. The third-order valence-electron chi connectivity index (χ3n) is 8.11. The van der Waals surface area contributed by atoms with Crippen molar-refractivity contribution in [2.45, 2.75) is 44.4 Å². The van der Waals surface area contributed by atoms with Crippen LogP contribution in [0.1, 0.15) is 48.6 Å². The van der Waals surface area contributed by atoms with E-state index in [1.165, 1.54) is 17.0 Å². The van der Waals surface area contributed by atoms with Gasteiger partial charge in [-0.15, -0.1) is 0 Å². The largest absolute Gasteiger partial charge is 0.496 e. The highest BCUT2D eigenvalue weighted by molar-refractivity contribution is 5.78. The van der Waals surface area contributed by atoms with Crippen molar-refractivity contribution in [3.05, 3.63) is 77.0 Å². The second-order valence-electron chi connectivity index (χ2n) is 10.6. The highest BCUT2D eigenvalue weighted by Gasteiger charge is 2.44. The molecule has 3 aromatic rings. The van der Waals surface area contributed by atoms with Crippen molar-refractivity contribution in [3.8, 4) is 16.9 Å². The lowest BCUT2D eigenvalue weighted by molar-refractivity contribution is -0.138. The molecule has 3 heterocycles. The average molecular weight is 550 g/mol. The van der Waals surface area contributed by atoms with Crippen LogP contribution in [-0.2, 0) is 16.1 Å². The zero-order chi connectivity index (χ0) is 28.1. The number of carboxylic acids is 1. The quantitative estimate of drug-likeness (QED) is 0.396. The molecule has 40 heavy (non-hydrogen) atoms. The molecule has 8 nitrogen and oxygen atoms in total. The number of ether oxygens (including phenoxy) is 2. The number of halogens is 2. The summed E-state index contributed by atoms with van der Waals surface area (Å²) in [6.07, 6.45) is 0.203. The minimum Gasteiger partial charge on any atom is -0.496 e. The van der Waals surface area contributed by atoms with Crippen LogP contribution in [0.3, 0.4) is 0 Å². The summed E-state index contributed by atoms with van der Waals surface area (Å²) in [5.74, 6) is -1.37. The summed E-state index contributed by atoms with van der Waals surface area (Å²) < 4.78 is 39.1. The molecular weight excluding hydrogens is 520 g/mol. The molecule has 0 spiro atoms. The van der Waals surface area contributed by atoms with Gasteiger partial charge in [0.2, 0.25) is 0 Å². The maximum atomic E-state index is 13.9. The molecule has 4 atom stereocenters. The summed E-state index contributed by atoms with van der Waals surface area (Å²) in [5.41, 5.74) is 3.26. The van der Waals surface area contributed by atoms with Gasteiger partial charge in [-0.3, -0.25) is 9.69 Å².